The first kappa shape index (κ1) is 20.7. The van der Waals surface area contributed by atoms with Crippen LogP contribution < -0.4 is 9.47 Å². The van der Waals surface area contributed by atoms with Gasteiger partial charge in [-0.05, 0) is 71.7 Å². The van der Waals surface area contributed by atoms with E-state index in [4.69, 9.17) is 37.4 Å². The van der Waals surface area contributed by atoms with Gasteiger partial charge in [0.2, 0.25) is 5.90 Å². The summed E-state index contributed by atoms with van der Waals surface area (Å²) in [6.07, 6.45) is 1.59. The highest BCUT2D eigenvalue weighted by atomic mass is 79.9. The maximum absolute atomic E-state index is 12.2. The predicted molar refractivity (Wildman–Crippen MR) is 114 cm³/mol. The Morgan fingerprint density at radius 1 is 1.18 bits per heavy atom. The minimum Gasteiger partial charge on any atom is -0.493 e. The lowest BCUT2D eigenvalue weighted by Gasteiger charge is -2.15. The monoisotopic (exact) mass is 483 g/mol. The van der Waals surface area contributed by atoms with Gasteiger partial charge in [-0.3, -0.25) is 0 Å². The van der Waals surface area contributed by atoms with Crippen LogP contribution >= 0.6 is 39.1 Å². The third-order valence-corrected chi connectivity index (χ3v) is 5.02. The highest BCUT2D eigenvalue weighted by Gasteiger charge is 2.25. The zero-order valence-corrected chi connectivity index (χ0v) is 18.4. The fraction of sp³-hybridized carbons (Fsp3) is 0.200. The minimum absolute atomic E-state index is 0.0161. The van der Waals surface area contributed by atoms with Gasteiger partial charge in [0.1, 0.15) is 0 Å². The number of carbonyl (C=O) groups excluding carboxylic acids is 1. The third-order valence-electron chi connectivity index (χ3n) is 3.70. The molecular weight excluding hydrogens is 469 g/mol. The van der Waals surface area contributed by atoms with Gasteiger partial charge in [0.05, 0.1) is 27.7 Å². The second-order valence-corrected chi connectivity index (χ2v) is 7.83. The van der Waals surface area contributed by atoms with Crippen LogP contribution in [0.25, 0.3) is 6.08 Å². The van der Waals surface area contributed by atoms with Gasteiger partial charge < -0.3 is 14.2 Å². The predicted octanol–water partition coefficient (Wildman–Crippen LogP) is 5.90. The number of cyclic esters (lactones) is 1. The maximum atomic E-state index is 12.2. The first-order valence-electron chi connectivity index (χ1n) is 8.30. The molecule has 0 aliphatic carbocycles. The third kappa shape index (κ3) is 4.51. The van der Waals surface area contributed by atoms with Gasteiger partial charge in [-0.25, -0.2) is 9.79 Å². The van der Waals surface area contributed by atoms with Crippen LogP contribution in [0.5, 0.6) is 11.5 Å². The summed E-state index contributed by atoms with van der Waals surface area (Å²) in [5.74, 6) is 0.739. The highest BCUT2D eigenvalue weighted by molar-refractivity contribution is 9.10. The summed E-state index contributed by atoms with van der Waals surface area (Å²) in [5.41, 5.74) is 1.42. The summed E-state index contributed by atoms with van der Waals surface area (Å²) in [7, 11) is 1.55. The summed E-state index contributed by atoms with van der Waals surface area (Å²) in [5, 5.41) is 0.761. The van der Waals surface area contributed by atoms with Gasteiger partial charge in [-0.15, -0.1) is 0 Å². The quantitative estimate of drug-likeness (QED) is 0.391. The summed E-state index contributed by atoms with van der Waals surface area (Å²) in [6, 6.07) is 8.47. The van der Waals surface area contributed by atoms with Crippen molar-refractivity contribution in [2.24, 2.45) is 4.99 Å². The number of methoxy groups -OCH3 is 1. The van der Waals surface area contributed by atoms with E-state index in [-0.39, 0.29) is 17.7 Å². The summed E-state index contributed by atoms with van der Waals surface area (Å²) < 4.78 is 17.1. The van der Waals surface area contributed by atoms with Crippen molar-refractivity contribution < 1.29 is 19.0 Å². The van der Waals surface area contributed by atoms with Crippen molar-refractivity contribution in [3.8, 4) is 11.5 Å². The molecule has 2 aromatic rings. The number of nitrogens with zero attached hydrogens (tertiary/aromatic N) is 1. The molecule has 8 heteroatoms. The van der Waals surface area contributed by atoms with Crippen LogP contribution in [-0.4, -0.2) is 25.1 Å². The topological polar surface area (TPSA) is 57.1 Å². The van der Waals surface area contributed by atoms with E-state index in [1.165, 1.54) is 0 Å². The standard InChI is InChI=1S/C20H16BrCl2NO4/c1-10(2)27-18-13(21)6-11(8-17(18)26-3)7-16-20(25)28-19(24-16)12-4-5-14(22)15(23)9-12/h4-10H,1-3H3/b16-7-. The molecule has 0 bridgehead atoms. The molecule has 0 unspecified atom stereocenters. The molecule has 0 spiro atoms. The van der Waals surface area contributed by atoms with E-state index in [0.717, 1.165) is 0 Å². The van der Waals surface area contributed by atoms with E-state index < -0.39 is 5.97 Å². The maximum Gasteiger partial charge on any atom is 0.363 e. The summed E-state index contributed by atoms with van der Waals surface area (Å²) in [6.45, 7) is 3.85. The van der Waals surface area contributed by atoms with E-state index in [0.29, 0.717) is 37.1 Å². The van der Waals surface area contributed by atoms with Crippen molar-refractivity contribution in [2.45, 2.75) is 20.0 Å². The Morgan fingerprint density at radius 3 is 2.57 bits per heavy atom. The van der Waals surface area contributed by atoms with E-state index in [1.807, 2.05) is 19.9 Å². The molecule has 0 amide bonds. The van der Waals surface area contributed by atoms with Crippen LogP contribution in [0.15, 0.2) is 45.5 Å². The van der Waals surface area contributed by atoms with Crippen LogP contribution in [0.4, 0.5) is 0 Å². The fourth-order valence-electron chi connectivity index (χ4n) is 2.49. The number of hydrogen-bond acceptors (Lipinski definition) is 5. The number of carbonyl (C=O) groups is 1. The number of hydrogen-bond donors (Lipinski definition) is 0. The van der Waals surface area contributed by atoms with Crippen LogP contribution in [0.1, 0.15) is 25.0 Å². The van der Waals surface area contributed by atoms with Gasteiger partial charge in [-0.1, -0.05) is 23.2 Å². The molecular formula is C20H16BrCl2NO4. The second-order valence-electron chi connectivity index (χ2n) is 6.17. The molecule has 0 fully saturated rings. The van der Waals surface area contributed by atoms with Gasteiger partial charge >= 0.3 is 5.97 Å². The van der Waals surface area contributed by atoms with Gasteiger partial charge in [0, 0.05) is 5.56 Å². The van der Waals surface area contributed by atoms with E-state index in [2.05, 4.69) is 20.9 Å². The molecule has 28 heavy (non-hydrogen) atoms. The lowest BCUT2D eigenvalue weighted by atomic mass is 10.1. The van der Waals surface area contributed by atoms with Crippen LogP contribution in [0, 0.1) is 0 Å². The zero-order valence-electron chi connectivity index (χ0n) is 15.3. The first-order chi connectivity index (χ1) is 13.3. The fourth-order valence-corrected chi connectivity index (χ4v) is 3.34. The number of ether oxygens (including phenoxy) is 3. The Bertz CT molecular complexity index is 1000. The number of benzene rings is 2. The van der Waals surface area contributed by atoms with E-state index in [9.17, 15) is 4.79 Å². The Labute approximate surface area is 181 Å². The SMILES string of the molecule is COc1cc(/C=C2\N=C(c3ccc(Cl)c(Cl)c3)OC2=O)cc(Br)c1OC(C)C. The van der Waals surface area contributed by atoms with Gasteiger partial charge in [0.25, 0.3) is 0 Å². The molecule has 0 saturated heterocycles. The highest BCUT2D eigenvalue weighted by Crippen LogP contribution is 2.38. The molecule has 0 aromatic heterocycles. The van der Waals surface area contributed by atoms with Crippen molar-refractivity contribution in [3.63, 3.8) is 0 Å². The first-order valence-corrected chi connectivity index (χ1v) is 9.85. The normalized spacial score (nSPS) is 15.0. The summed E-state index contributed by atoms with van der Waals surface area (Å²) in [4.78, 5) is 16.5. The Hall–Kier alpha value is -2.02. The van der Waals surface area contributed by atoms with Crippen LogP contribution in [0.3, 0.4) is 0 Å². The van der Waals surface area contributed by atoms with Crippen molar-refractivity contribution >= 4 is 57.1 Å². The van der Waals surface area contributed by atoms with Gasteiger partial charge in [0.15, 0.2) is 17.2 Å². The average molecular weight is 485 g/mol. The summed E-state index contributed by atoms with van der Waals surface area (Å²) >= 11 is 15.4. The Morgan fingerprint density at radius 2 is 1.93 bits per heavy atom. The van der Waals surface area contributed by atoms with Gasteiger partial charge in [-0.2, -0.15) is 0 Å². The van der Waals surface area contributed by atoms with Crippen molar-refractivity contribution in [3.05, 3.63) is 61.7 Å². The van der Waals surface area contributed by atoms with Crippen molar-refractivity contribution in [1.82, 2.24) is 0 Å². The Kier molecular flexibility index (Phi) is 6.33. The largest absolute Gasteiger partial charge is 0.493 e. The molecule has 1 aliphatic heterocycles. The molecule has 2 aromatic carbocycles. The number of esters is 1. The van der Waals surface area contributed by atoms with Crippen LogP contribution in [-0.2, 0) is 9.53 Å². The molecule has 1 heterocycles. The van der Waals surface area contributed by atoms with Crippen molar-refractivity contribution in [2.75, 3.05) is 7.11 Å². The number of halogens is 3. The molecule has 0 atom stereocenters. The minimum atomic E-state index is -0.557. The van der Waals surface area contributed by atoms with E-state index in [1.54, 1.807) is 37.5 Å². The molecule has 146 valence electrons. The second kappa shape index (κ2) is 8.55. The number of aliphatic imine (C=N–C) groups is 1. The molecule has 0 N–H and O–H groups in total. The van der Waals surface area contributed by atoms with Crippen molar-refractivity contribution in [1.29, 1.82) is 0 Å². The lowest BCUT2D eigenvalue weighted by molar-refractivity contribution is -0.129. The van der Waals surface area contributed by atoms with E-state index >= 15 is 0 Å². The lowest BCUT2D eigenvalue weighted by Crippen LogP contribution is -2.07. The zero-order chi connectivity index (χ0) is 20.4. The molecule has 3 rings (SSSR count). The van der Waals surface area contributed by atoms with Crippen LogP contribution in [0.2, 0.25) is 10.0 Å². The molecule has 0 saturated carbocycles. The smallest absolute Gasteiger partial charge is 0.363 e. The molecule has 5 nitrogen and oxygen atoms in total. The average Bonchev–Trinajstić information content (AvgIpc) is 2.99. The number of rotatable bonds is 5. The molecule has 0 radical (unpaired) electrons. The molecule has 1 aliphatic rings. The Balaban J connectivity index is 1.96.